The lowest BCUT2D eigenvalue weighted by atomic mass is 9.77. The molecule has 0 unspecified atom stereocenters. The van der Waals surface area contributed by atoms with Crippen LogP contribution >= 0.6 is 23.2 Å². The molecule has 0 bridgehead atoms. The number of ether oxygens (including phenoxy) is 5. The standard InChI is InChI=1S/C31H36Cl2N4O5/c1-38-11-12-42-29-15-25-22(13-28(29)41-10-4-3-7-37-8-5-31(6-9-37)19-40-20-31)30(21(17-34)18-35-25)36-26-16-27(39-2)24(33)14-23(26)32/h13-16,18H,3-12,19-20H2,1-2H3,(H,35,36). The van der Waals surface area contributed by atoms with Crippen LogP contribution in [-0.2, 0) is 9.47 Å². The Morgan fingerprint density at radius 1 is 0.976 bits per heavy atom. The molecule has 1 spiro atoms. The molecular formula is C31H36Cl2N4O5. The molecule has 2 aliphatic rings. The van der Waals surface area contributed by atoms with E-state index in [2.05, 4.69) is 21.3 Å². The Morgan fingerprint density at radius 2 is 1.74 bits per heavy atom. The summed E-state index contributed by atoms with van der Waals surface area (Å²) in [5, 5.41) is 14.7. The molecule has 2 aliphatic heterocycles. The third-order valence-electron chi connectivity index (χ3n) is 7.96. The first-order valence-corrected chi connectivity index (χ1v) is 14.9. The minimum Gasteiger partial charge on any atom is -0.495 e. The number of benzene rings is 2. The van der Waals surface area contributed by atoms with Crippen LogP contribution in [0.2, 0.25) is 10.0 Å². The van der Waals surface area contributed by atoms with Crippen LogP contribution in [0.25, 0.3) is 10.9 Å². The average molecular weight is 616 g/mol. The van der Waals surface area contributed by atoms with Crippen LogP contribution in [0.1, 0.15) is 31.2 Å². The number of nitrogens with zero attached hydrogens (tertiary/aromatic N) is 3. The fraction of sp³-hybridized carbons (Fsp3) is 0.484. The van der Waals surface area contributed by atoms with E-state index in [1.807, 2.05) is 12.1 Å². The number of aromatic nitrogens is 1. The summed E-state index contributed by atoms with van der Waals surface area (Å²) in [4.78, 5) is 7.06. The third-order valence-corrected chi connectivity index (χ3v) is 8.57. The van der Waals surface area contributed by atoms with Gasteiger partial charge in [0.25, 0.3) is 0 Å². The number of anilines is 2. The first kappa shape index (κ1) is 30.5. The first-order chi connectivity index (χ1) is 20.4. The zero-order valence-electron chi connectivity index (χ0n) is 24.0. The van der Waals surface area contributed by atoms with E-state index in [1.165, 1.54) is 26.1 Å². The van der Waals surface area contributed by atoms with Gasteiger partial charge in [-0.25, -0.2) is 0 Å². The number of nitriles is 1. The van der Waals surface area contributed by atoms with E-state index in [4.69, 9.17) is 46.9 Å². The van der Waals surface area contributed by atoms with Crippen LogP contribution in [0.15, 0.2) is 30.5 Å². The van der Waals surface area contributed by atoms with Gasteiger partial charge in [-0.2, -0.15) is 5.26 Å². The Bertz CT molecular complexity index is 1430. The van der Waals surface area contributed by atoms with Gasteiger partial charge in [-0.1, -0.05) is 23.2 Å². The fourth-order valence-corrected chi connectivity index (χ4v) is 5.85. The Labute approximate surface area is 256 Å². The van der Waals surface area contributed by atoms with Gasteiger partial charge in [0, 0.05) is 36.2 Å². The van der Waals surface area contributed by atoms with Gasteiger partial charge in [-0.15, -0.1) is 0 Å². The minimum absolute atomic E-state index is 0.350. The first-order valence-electron chi connectivity index (χ1n) is 14.2. The number of hydrogen-bond acceptors (Lipinski definition) is 9. The number of hydrogen-bond donors (Lipinski definition) is 1. The van der Waals surface area contributed by atoms with Crippen molar-refractivity contribution in [2.45, 2.75) is 25.7 Å². The monoisotopic (exact) mass is 614 g/mol. The average Bonchev–Trinajstić information content (AvgIpc) is 2.98. The number of rotatable bonds is 13. The summed E-state index contributed by atoms with van der Waals surface area (Å²) in [5.74, 6) is 1.60. The van der Waals surface area contributed by atoms with Crippen LogP contribution in [0.5, 0.6) is 17.2 Å². The second-order valence-electron chi connectivity index (χ2n) is 10.8. The molecule has 2 saturated heterocycles. The van der Waals surface area contributed by atoms with Crippen molar-refractivity contribution in [3.63, 3.8) is 0 Å². The molecule has 9 nitrogen and oxygen atoms in total. The highest BCUT2D eigenvalue weighted by molar-refractivity contribution is 6.37. The van der Waals surface area contributed by atoms with Crippen molar-refractivity contribution < 1.29 is 23.7 Å². The Morgan fingerprint density at radius 3 is 2.43 bits per heavy atom. The Hall–Kier alpha value is -3.00. The Balaban J connectivity index is 1.33. The number of pyridine rings is 1. The summed E-state index contributed by atoms with van der Waals surface area (Å²) >= 11 is 12.7. The molecule has 11 heteroatoms. The second kappa shape index (κ2) is 14.0. The van der Waals surface area contributed by atoms with Gasteiger partial charge in [-0.05, 0) is 57.5 Å². The molecule has 0 radical (unpaired) electrons. The maximum Gasteiger partial charge on any atom is 0.163 e. The summed E-state index contributed by atoms with van der Waals surface area (Å²) in [6.45, 7) is 6.53. The largest absolute Gasteiger partial charge is 0.495 e. The lowest BCUT2D eigenvalue weighted by Crippen LogP contribution is -2.50. The second-order valence-corrected chi connectivity index (χ2v) is 11.6. The van der Waals surface area contributed by atoms with Crippen LogP contribution in [0.3, 0.4) is 0 Å². The van der Waals surface area contributed by atoms with E-state index >= 15 is 0 Å². The topological polar surface area (TPSA) is 98.1 Å². The third kappa shape index (κ3) is 6.96. The van der Waals surface area contributed by atoms with Gasteiger partial charge >= 0.3 is 0 Å². The van der Waals surface area contributed by atoms with E-state index in [9.17, 15) is 5.26 Å². The summed E-state index contributed by atoms with van der Waals surface area (Å²) in [6.07, 6.45) is 5.92. The molecule has 1 N–H and O–H groups in total. The van der Waals surface area contributed by atoms with Crippen LogP contribution in [0, 0.1) is 16.7 Å². The van der Waals surface area contributed by atoms with E-state index < -0.39 is 0 Å². The van der Waals surface area contributed by atoms with E-state index in [0.717, 1.165) is 45.7 Å². The van der Waals surface area contributed by atoms with E-state index in [1.54, 1.807) is 19.2 Å². The van der Waals surface area contributed by atoms with Crippen molar-refractivity contribution in [2.75, 3.05) is 72.2 Å². The molecule has 0 atom stereocenters. The fourth-order valence-electron chi connectivity index (χ4n) is 5.35. The maximum atomic E-state index is 9.90. The van der Waals surface area contributed by atoms with Crippen molar-refractivity contribution in [1.29, 1.82) is 5.26 Å². The number of likely N-dealkylation sites (tertiary alicyclic amines) is 1. The van der Waals surface area contributed by atoms with Crippen LogP contribution in [-0.4, -0.2) is 76.8 Å². The predicted octanol–water partition coefficient (Wildman–Crippen LogP) is 6.46. The molecule has 3 heterocycles. The van der Waals surface area contributed by atoms with Crippen LogP contribution < -0.4 is 19.5 Å². The minimum atomic E-state index is 0.350. The van der Waals surface area contributed by atoms with Crippen molar-refractivity contribution in [2.24, 2.45) is 5.41 Å². The lowest BCUT2D eigenvalue weighted by molar-refractivity contribution is -0.139. The summed E-state index contributed by atoms with van der Waals surface area (Å²) in [5.41, 5.74) is 2.52. The van der Waals surface area contributed by atoms with Crippen LogP contribution in [0.4, 0.5) is 11.4 Å². The highest BCUT2D eigenvalue weighted by atomic mass is 35.5. The normalized spacial score (nSPS) is 16.2. The van der Waals surface area contributed by atoms with Gasteiger partial charge in [-0.3, -0.25) is 4.98 Å². The zero-order chi connectivity index (χ0) is 29.5. The van der Waals surface area contributed by atoms with Gasteiger partial charge in [0.1, 0.15) is 18.4 Å². The van der Waals surface area contributed by atoms with Gasteiger partial charge in [0.2, 0.25) is 0 Å². The molecule has 0 amide bonds. The molecule has 0 aliphatic carbocycles. The number of piperidine rings is 1. The number of methoxy groups -OCH3 is 2. The molecule has 0 saturated carbocycles. The summed E-state index contributed by atoms with van der Waals surface area (Å²) < 4.78 is 28.3. The molecule has 5 rings (SSSR count). The highest BCUT2D eigenvalue weighted by Gasteiger charge is 2.40. The van der Waals surface area contributed by atoms with Crippen molar-refractivity contribution in [3.8, 4) is 23.3 Å². The maximum absolute atomic E-state index is 9.90. The lowest BCUT2D eigenvalue weighted by Gasteiger charge is -2.47. The van der Waals surface area contributed by atoms with Crippen molar-refractivity contribution in [1.82, 2.24) is 9.88 Å². The highest BCUT2D eigenvalue weighted by Crippen LogP contribution is 2.41. The molecule has 1 aromatic heterocycles. The molecule has 42 heavy (non-hydrogen) atoms. The molecular weight excluding hydrogens is 579 g/mol. The van der Waals surface area contributed by atoms with Gasteiger partial charge < -0.3 is 33.9 Å². The Kier molecular flexibility index (Phi) is 10.1. The SMILES string of the molecule is COCCOc1cc2ncc(C#N)c(Nc3cc(OC)c(Cl)cc3Cl)c2cc1OCCCCN1CCC2(CC1)COC2. The summed E-state index contributed by atoms with van der Waals surface area (Å²) in [6, 6.07) is 9.20. The molecule has 224 valence electrons. The predicted molar refractivity (Wildman–Crippen MR) is 164 cm³/mol. The summed E-state index contributed by atoms with van der Waals surface area (Å²) in [7, 11) is 3.16. The smallest absolute Gasteiger partial charge is 0.163 e. The number of fused-ring (bicyclic) bond motifs is 1. The van der Waals surface area contributed by atoms with Crippen molar-refractivity contribution >= 4 is 45.5 Å². The number of nitrogens with one attached hydrogen (secondary N) is 1. The zero-order valence-corrected chi connectivity index (χ0v) is 25.5. The van der Waals surface area contributed by atoms with E-state index in [-0.39, 0.29) is 0 Å². The molecule has 3 aromatic rings. The van der Waals surface area contributed by atoms with E-state index in [0.29, 0.717) is 80.4 Å². The number of halogens is 2. The van der Waals surface area contributed by atoms with Gasteiger partial charge in [0.05, 0.1) is 66.0 Å². The molecule has 2 aromatic carbocycles. The van der Waals surface area contributed by atoms with Gasteiger partial charge in [0.15, 0.2) is 11.5 Å². The number of unbranched alkanes of at least 4 members (excludes halogenated alkanes) is 1. The quantitative estimate of drug-likeness (QED) is 0.217. The molecule has 2 fully saturated rings. The van der Waals surface area contributed by atoms with Crippen molar-refractivity contribution in [3.05, 3.63) is 46.1 Å².